The number of nitrogens with one attached hydrogen (secondary N) is 1. The minimum absolute atomic E-state index is 0.486. The van der Waals surface area contributed by atoms with Crippen LogP contribution in [0.15, 0.2) is 24.3 Å². The molecule has 2 N–H and O–H groups in total. The molecule has 0 amide bonds. The monoisotopic (exact) mass is 236 g/mol. The Morgan fingerprint density at radius 1 is 1.41 bits per heavy atom. The maximum absolute atomic E-state index is 10.9. The molecule has 0 aliphatic heterocycles. The van der Waals surface area contributed by atoms with Crippen LogP contribution in [0.4, 0.5) is 0 Å². The molecule has 0 aromatic heterocycles. The first kappa shape index (κ1) is 13.7. The number of likely N-dealkylation sites (N-methyl/N-ethyl adjacent to an activating group) is 2. The highest BCUT2D eigenvalue weighted by molar-refractivity contribution is 5.73. The SMILES string of the molecule is CNC(CN(C)Cc1ccc(C)cc1)C(=O)O. The smallest absolute Gasteiger partial charge is 0.322 e. The number of carboxylic acid groups (broad SMARTS) is 1. The van der Waals surface area contributed by atoms with E-state index in [2.05, 4.69) is 36.5 Å². The molecule has 4 heteroatoms. The van der Waals surface area contributed by atoms with Gasteiger partial charge in [0.1, 0.15) is 6.04 Å². The van der Waals surface area contributed by atoms with Gasteiger partial charge in [-0.05, 0) is 26.6 Å². The summed E-state index contributed by atoms with van der Waals surface area (Å²) in [6, 6.07) is 7.75. The molecule has 1 aromatic carbocycles. The summed E-state index contributed by atoms with van der Waals surface area (Å²) in [4.78, 5) is 12.9. The van der Waals surface area contributed by atoms with Gasteiger partial charge in [-0.1, -0.05) is 29.8 Å². The molecule has 0 aliphatic carbocycles. The largest absolute Gasteiger partial charge is 0.480 e. The van der Waals surface area contributed by atoms with Crippen LogP contribution in [0.1, 0.15) is 11.1 Å². The Labute approximate surface area is 102 Å². The Balaban J connectivity index is 2.51. The average Bonchev–Trinajstić information content (AvgIpc) is 2.28. The Morgan fingerprint density at radius 2 is 2.00 bits per heavy atom. The Bertz CT molecular complexity index is 362. The number of hydrogen-bond donors (Lipinski definition) is 2. The van der Waals surface area contributed by atoms with Crippen LogP contribution in [0, 0.1) is 6.92 Å². The molecular formula is C13H20N2O2. The number of hydrogen-bond acceptors (Lipinski definition) is 3. The van der Waals surface area contributed by atoms with E-state index in [4.69, 9.17) is 5.11 Å². The lowest BCUT2D eigenvalue weighted by atomic mass is 10.1. The van der Waals surface area contributed by atoms with Crippen molar-refractivity contribution in [2.75, 3.05) is 20.6 Å². The molecule has 0 spiro atoms. The van der Waals surface area contributed by atoms with Crippen molar-refractivity contribution in [3.8, 4) is 0 Å². The van der Waals surface area contributed by atoms with Crippen LogP contribution in [0.3, 0.4) is 0 Å². The van der Waals surface area contributed by atoms with Gasteiger partial charge in [-0.25, -0.2) is 0 Å². The predicted octanol–water partition coefficient (Wildman–Crippen LogP) is 1.10. The van der Waals surface area contributed by atoms with Crippen molar-refractivity contribution in [1.82, 2.24) is 10.2 Å². The fourth-order valence-electron chi connectivity index (χ4n) is 1.67. The Morgan fingerprint density at radius 3 is 2.47 bits per heavy atom. The van der Waals surface area contributed by atoms with E-state index in [0.717, 1.165) is 6.54 Å². The van der Waals surface area contributed by atoms with Gasteiger partial charge in [-0.15, -0.1) is 0 Å². The van der Waals surface area contributed by atoms with Gasteiger partial charge in [-0.3, -0.25) is 9.69 Å². The molecule has 1 unspecified atom stereocenters. The Hall–Kier alpha value is -1.39. The summed E-state index contributed by atoms with van der Waals surface area (Å²) in [5.41, 5.74) is 2.42. The van der Waals surface area contributed by atoms with Gasteiger partial charge in [0.2, 0.25) is 0 Å². The molecule has 0 heterocycles. The van der Waals surface area contributed by atoms with Gasteiger partial charge >= 0.3 is 5.97 Å². The predicted molar refractivity (Wildman–Crippen MR) is 68.0 cm³/mol. The van der Waals surface area contributed by atoms with Crippen molar-refractivity contribution in [1.29, 1.82) is 0 Å². The maximum atomic E-state index is 10.9. The van der Waals surface area contributed by atoms with Gasteiger partial charge in [0.25, 0.3) is 0 Å². The highest BCUT2D eigenvalue weighted by Crippen LogP contribution is 2.06. The summed E-state index contributed by atoms with van der Waals surface area (Å²) in [6.07, 6.45) is 0. The van der Waals surface area contributed by atoms with E-state index < -0.39 is 12.0 Å². The molecule has 94 valence electrons. The topological polar surface area (TPSA) is 52.6 Å². The van der Waals surface area contributed by atoms with E-state index >= 15 is 0 Å². The van der Waals surface area contributed by atoms with Gasteiger partial charge < -0.3 is 10.4 Å². The lowest BCUT2D eigenvalue weighted by Gasteiger charge is -2.21. The molecule has 0 aliphatic rings. The third-order valence-corrected chi connectivity index (χ3v) is 2.71. The van der Waals surface area contributed by atoms with Crippen LogP contribution in [0.25, 0.3) is 0 Å². The number of aryl methyl sites for hydroxylation is 1. The number of carbonyl (C=O) groups is 1. The minimum atomic E-state index is -0.816. The van der Waals surface area contributed by atoms with Crippen LogP contribution in [-0.4, -0.2) is 42.7 Å². The van der Waals surface area contributed by atoms with E-state index in [1.807, 2.05) is 11.9 Å². The van der Waals surface area contributed by atoms with Gasteiger partial charge in [-0.2, -0.15) is 0 Å². The average molecular weight is 236 g/mol. The summed E-state index contributed by atoms with van der Waals surface area (Å²) in [5.74, 6) is -0.816. The molecule has 1 atom stereocenters. The van der Waals surface area contributed by atoms with E-state index in [1.54, 1.807) is 7.05 Å². The number of rotatable bonds is 6. The second-order valence-corrected chi connectivity index (χ2v) is 4.36. The molecular weight excluding hydrogens is 216 g/mol. The molecule has 0 radical (unpaired) electrons. The van der Waals surface area contributed by atoms with Crippen LogP contribution in [-0.2, 0) is 11.3 Å². The Kier molecular flexibility index (Phi) is 5.12. The minimum Gasteiger partial charge on any atom is -0.480 e. The molecule has 4 nitrogen and oxygen atoms in total. The van der Waals surface area contributed by atoms with Crippen LogP contribution < -0.4 is 5.32 Å². The van der Waals surface area contributed by atoms with E-state index in [-0.39, 0.29) is 0 Å². The molecule has 1 aromatic rings. The summed E-state index contributed by atoms with van der Waals surface area (Å²) in [7, 11) is 3.59. The molecule has 0 saturated heterocycles. The fourth-order valence-corrected chi connectivity index (χ4v) is 1.67. The standard InChI is InChI=1S/C13H20N2O2/c1-10-4-6-11(7-5-10)8-15(3)9-12(14-2)13(16)17/h4-7,12,14H,8-9H2,1-3H3,(H,16,17). The maximum Gasteiger partial charge on any atom is 0.322 e. The molecule has 0 bridgehead atoms. The van der Waals surface area contributed by atoms with Crippen molar-refractivity contribution < 1.29 is 9.90 Å². The van der Waals surface area contributed by atoms with Crippen molar-refractivity contribution in [3.63, 3.8) is 0 Å². The first-order valence-corrected chi connectivity index (χ1v) is 5.67. The molecule has 0 fully saturated rings. The normalized spacial score (nSPS) is 12.7. The molecule has 1 rings (SSSR count). The van der Waals surface area contributed by atoms with Crippen LogP contribution in [0.5, 0.6) is 0 Å². The first-order valence-electron chi connectivity index (χ1n) is 5.67. The van der Waals surface area contributed by atoms with Crippen molar-refractivity contribution in [2.45, 2.75) is 19.5 Å². The second-order valence-electron chi connectivity index (χ2n) is 4.36. The highest BCUT2D eigenvalue weighted by Gasteiger charge is 2.16. The zero-order chi connectivity index (χ0) is 12.8. The van der Waals surface area contributed by atoms with Crippen LogP contribution in [0.2, 0.25) is 0 Å². The van der Waals surface area contributed by atoms with Crippen molar-refractivity contribution in [2.24, 2.45) is 0 Å². The van der Waals surface area contributed by atoms with Crippen molar-refractivity contribution >= 4 is 5.97 Å². The zero-order valence-corrected chi connectivity index (χ0v) is 10.6. The second kappa shape index (κ2) is 6.37. The lowest BCUT2D eigenvalue weighted by molar-refractivity contribution is -0.139. The number of nitrogens with zero attached hydrogens (tertiary/aromatic N) is 1. The van der Waals surface area contributed by atoms with Gasteiger partial charge in [0.05, 0.1) is 0 Å². The number of carboxylic acids is 1. The van der Waals surface area contributed by atoms with Gasteiger partial charge in [0, 0.05) is 13.1 Å². The van der Waals surface area contributed by atoms with Crippen molar-refractivity contribution in [3.05, 3.63) is 35.4 Å². The number of benzene rings is 1. The summed E-state index contributed by atoms with van der Waals surface area (Å²) >= 11 is 0. The summed E-state index contributed by atoms with van der Waals surface area (Å²) in [5, 5.41) is 11.7. The van der Waals surface area contributed by atoms with Gasteiger partial charge in [0.15, 0.2) is 0 Å². The first-order chi connectivity index (χ1) is 8.02. The van der Waals surface area contributed by atoms with E-state index in [9.17, 15) is 4.79 Å². The quantitative estimate of drug-likeness (QED) is 0.776. The summed E-state index contributed by atoms with van der Waals surface area (Å²) in [6.45, 7) is 3.29. The van der Waals surface area contributed by atoms with Crippen LogP contribution >= 0.6 is 0 Å². The third-order valence-electron chi connectivity index (χ3n) is 2.71. The fraction of sp³-hybridized carbons (Fsp3) is 0.462. The number of aliphatic carboxylic acids is 1. The zero-order valence-electron chi connectivity index (χ0n) is 10.6. The summed E-state index contributed by atoms with van der Waals surface area (Å²) < 4.78 is 0. The highest BCUT2D eigenvalue weighted by atomic mass is 16.4. The third kappa shape index (κ3) is 4.54. The lowest BCUT2D eigenvalue weighted by Crippen LogP contribution is -2.43. The molecule has 0 saturated carbocycles. The molecule has 17 heavy (non-hydrogen) atoms. The van der Waals surface area contributed by atoms with E-state index in [1.165, 1.54) is 11.1 Å². The van der Waals surface area contributed by atoms with E-state index in [0.29, 0.717) is 6.54 Å².